The number of anilines is 1. The third-order valence-corrected chi connectivity index (χ3v) is 4.07. The van der Waals surface area contributed by atoms with Crippen molar-refractivity contribution in [1.82, 2.24) is 9.97 Å². The van der Waals surface area contributed by atoms with Crippen LogP contribution in [0, 0.1) is 0 Å². The number of amides is 1. The molecule has 0 atom stereocenters. The number of aromatic amines is 1. The molecule has 0 unspecified atom stereocenters. The third-order valence-electron chi connectivity index (χ3n) is 4.07. The maximum atomic E-state index is 12.5. The van der Waals surface area contributed by atoms with Crippen molar-refractivity contribution in [2.45, 2.75) is 0 Å². The molecule has 0 fully saturated rings. The summed E-state index contributed by atoms with van der Waals surface area (Å²) in [5.41, 5.74) is 2.01. The van der Waals surface area contributed by atoms with Gasteiger partial charge in [-0.05, 0) is 54.6 Å². The lowest BCUT2D eigenvalue weighted by atomic mass is 10.2. The second-order valence-electron chi connectivity index (χ2n) is 5.90. The number of hydrogen-bond acceptors (Lipinski definition) is 4. The average Bonchev–Trinajstić information content (AvgIpc) is 3.13. The number of pyridine rings is 1. The molecule has 0 aliphatic carbocycles. The van der Waals surface area contributed by atoms with Crippen molar-refractivity contribution < 1.29 is 14.3 Å². The van der Waals surface area contributed by atoms with Gasteiger partial charge in [-0.3, -0.25) is 9.78 Å². The number of methoxy groups -OCH3 is 1. The molecule has 0 saturated heterocycles. The number of nitrogens with zero attached hydrogens (tertiary/aromatic N) is 1. The number of benzene rings is 2. The molecule has 2 aromatic carbocycles. The van der Waals surface area contributed by atoms with E-state index in [0.717, 1.165) is 16.7 Å². The molecule has 0 radical (unpaired) electrons. The van der Waals surface area contributed by atoms with Gasteiger partial charge in [0.15, 0.2) is 0 Å². The summed E-state index contributed by atoms with van der Waals surface area (Å²) in [6.45, 7) is 0. The molecular weight excluding hydrogens is 342 g/mol. The highest BCUT2D eigenvalue weighted by Gasteiger charge is 2.10. The fraction of sp³-hybridized carbons (Fsp3) is 0.0476. The Hall–Kier alpha value is -3.80. The van der Waals surface area contributed by atoms with Crippen molar-refractivity contribution in [3.8, 4) is 17.2 Å². The number of carbonyl (C=O) groups is 1. The molecule has 27 heavy (non-hydrogen) atoms. The molecule has 0 spiro atoms. The highest BCUT2D eigenvalue weighted by Crippen LogP contribution is 2.24. The quantitative estimate of drug-likeness (QED) is 0.545. The minimum absolute atomic E-state index is 0.215. The van der Waals surface area contributed by atoms with E-state index in [4.69, 9.17) is 9.47 Å². The second kappa shape index (κ2) is 7.21. The predicted octanol–water partition coefficient (Wildman–Crippen LogP) is 4.62. The van der Waals surface area contributed by atoms with Gasteiger partial charge in [-0.1, -0.05) is 0 Å². The Morgan fingerprint density at radius 1 is 0.926 bits per heavy atom. The van der Waals surface area contributed by atoms with E-state index in [2.05, 4.69) is 15.3 Å². The zero-order valence-electron chi connectivity index (χ0n) is 14.6. The smallest absolute Gasteiger partial charge is 0.272 e. The van der Waals surface area contributed by atoms with Crippen LogP contribution < -0.4 is 14.8 Å². The second-order valence-corrected chi connectivity index (χ2v) is 5.90. The molecule has 0 aliphatic rings. The molecule has 0 aliphatic heterocycles. The van der Waals surface area contributed by atoms with E-state index in [1.165, 1.54) is 0 Å². The van der Waals surface area contributed by atoms with Crippen molar-refractivity contribution in [3.63, 3.8) is 0 Å². The van der Waals surface area contributed by atoms with Gasteiger partial charge in [-0.25, -0.2) is 0 Å². The van der Waals surface area contributed by atoms with E-state index in [9.17, 15) is 4.79 Å². The van der Waals surface area contributed by atoms with Crippen molar-refractivity contribution >= 4 is 22.5 Å². The van der Waals surface area contributed by atoms with E-state index in [1.54, 1.807) is 55.9 Å². The van der Waals surface area contributed by atoms with Crippen LogP contribution in [0.1, 0.15) is 10.5 Å². The third kappa shape index (κ3) is 3.74. The van der Waals surface area contributed by atoms with E-state index in [-0.39, 0.29) is 5.91 Å². The summed E-state index contributed by atoms with van der Waals surface area (Å²) in [6.07, 6.45) is 3.33. The minimum atomic E-state index is -0.215. The largest absolute Gasteiger partial charge is 0.497 e. The summed E-state index contributed by atoms with van der Waals surface area (Å²) in [6, 6.07) is 18.2. The van der Waals surface area contributed by atoms with Gasteiger partial charge in [-0.2, -0.15) is 0 Å². The summed E-state index contributed by atoms with van der Waals surface area (Å²) < 4.78 is 10.9. The molecular formula is C21H17N3O3. The normalized spacial score (nSPS) is 10.6. The van der Waals surface area contributed by atoms with Crippen molar-refractivity contribution in [2.75, 3.05) is 12.4 Å². The Labute approximate surface area is 155 Å². The molecule has 134 valence electrons. The summed E-state index contributed by atoms with van der Waals surface area (Å²) in [7, 11) is 1.61. The molecule has 1 amide bonds. The predicted molar refractivity (Wildman–Crippen MR) is 104 cm³/mol. The van der Waals surface area contributed by atoms with E-state index in [0.29, 0.717) is 22.9 Å². The van der Waals surface area contributed by atoms with Crippen LogP contribution >= 0.6 is 0 Å². The first-order valence-electron chi connectivity index (χ1n) is 8.37. The van der Waals surface area contributed by atoms with Crippen molar-refractivity contribution in [2.24, 2.45) is 0 Å². The van der Waals surface area contributed by atoms with Gasteiger partial charge in [0.2, 0.25) is 0 Å². The van der Waals surface area contributed by atoms with Crippen LogP contribution in [-0.4, -0.2) is 23.0 Å². The topological polar surface area (TPSA) is 76.2 Å². The summed E-state index contributed by atoms with van der Waals surface area (Å²) in [4.78, 5) is 19.6. The van der Waals surface area contributed by atoms with E-state index >= 15 is 0 Å². The standard InChI is InChI=1S/C21H17N3O3/c1-26-18-5-2-14-12-20(24-19(14)13-18)21(25)23-15-3-6-16(7-4-15)27-17-8-10-22-11-9-17/h2-13,24H,1H3,(H,23,25). The van der Waals surface area contributed by atoms with E-state index < -0.39 is 0 Å². The van der Waals surface area contributed by atoms with Crippen LogP contribution in [0.25, 0.3) is 10.9 Å². The van der Waals surface area contributed by atoms with Crippen LogP contribution in [0.4, 0.5) is 5.69 Å². The zero-order valence-corrected chi connectivity index (χ0v) is 14.6. The van der Waals surface area contributed by atoms with Crippen LogP contribution in [0.15, 0.2) is 73.1 Å². The molecule has 0 bridgehead atoms. The Morgan fingerprint density at radius 2 is 1.63 bits per heavy atom. The molecule has 6 nitrogen and oxygen atoms in total. The SMILES string of the molecule is COc1ccc2cc(C(=O)Nc3ccc(Oc4ccncc4)cc3)[nH]c2c1. The van der Waals surface area contributed by atoms with Gasteiger partial charge >= 0.3 is 0 Å². The van der Waals surface area contributed by atoms with Crippen molar-refractivity contribution in [1.29, 1.82) is 0 Å². The first-order chi connectivity index (χ1) is 13.2. The average molecular weight is 359 g/mol. The van der Waals surface area contributed by atoms with Crippen LogP contribution in [0.5, 0.6) is 17.2 Å². The number of hydrogen-bond donors (Lipinski definition) is 2. The van der Waals surface area contributed by atoms with Gasteiger partial charge in [0.1, 0.15) is 22.9 Å². The number of aromatic nitrogens is 2. The van der Waals surface area contributed by atoms with Gasteiger partial charge in [0.25, 0.3) is 5.91 Å². The van der Waals surface area contributed by atoms with Crippen LogP contribution in [-0.2, 0) is 0 Å². The minimum Gasteiger partial charge on any atom is -0.497 e. The Kier molecular flexibility index (Phi) is 4.45. The summed E-state index contributed by atoms with van der Waals surface area (Å²) in [5, 5.41) is 3.82. The lowest BCUT2D eigenvalue weighted by molar-refractivity contribution is 0.102. The number of ether oxygens (including phenoxy) is 2. The van der Waals surface area contributed by atoms with Gasteiger partial charge in [0.05, 0.1) is 7.11 Å². The number of rotatable bonds is 5. The van der Waals surface area contributed by atoms with Crippen LogP contribution in [0.2, 0.25) is 0 Å². The molecule has 4 rings (SSSR count). The maximum absolute atomic E-state index is 12.5. The monoisotopic (exact) mass is 359 g/mol. The first-order valence-corrected chi connectivity index (χ1v) is 8.37. The fourth-order valence-corrected chi connectivity index (χ4v) is 2.70. The Bertz CT molecular complexity index is 1070. The Morgan fingerprint density at radius 3 is 2.37 bits per heavy atom. The highest BCUT2D eigenvalue weighted by atomic mass is 16.5. The Balaban J connectivity index is 1.46. The highest BCUT2D eigenvalue weighted by molar-refractivity contribution is 6.06. The van der Waals surface area contributed by atoms with Crippen LogP contribution in [0.3, 0.4) is 0 Å². The lowest BCUT2D eigenvalue weighted by Gasteiger charge is -2.07. The number of nitrogens with one attached hydrogen (secondary N) is 2. The van der Waals surface area contributed by atoms with Gasteiger partial charge in [-0.15, -0.1) is 0 Å². The maximum Gasteiger partial charge on any atom is 0.272 e. The molecule has 6 heteroatoms. The summed E-state index contributed by atoms with van der Waals surface area (Å²) in [5.74, 6) is 1.90. The van der Waals surface area contributed by atoms with Gasteiger partial charge in [0, 0.05) is 35.1 Å². The fourth-order valence-electron chi connectivity index (χ4n) is 2.70. The van der Waals surface area contributed by atoms with Crippen molar-refractivity contribution in [3.05, 3.63) is 78.8 Å². The summed E-state index contributed by atoms with van der Waals surface area (Å²) >= 11 is 0. The molecule has 2 aromatic heterocycles. The molecule has 0 saturated carbocycles. The van der Waals surface area contributed by atoms with Gasteiger partial charge < -0.3 is 19.8 Å². The first kappa shape index (κ1) is 16.7. The molecule has 2 N–H and O–H groups in total. The zero-order chi connectivity index (χ0) is 18.6. The molecule has 2 heterocycles. The number of H-pyrrole nitrogens is 1. The lowest BCUT2D eigenvalue weighted by Crippen LogP contribution is -2.12. The number of fused-ring (bicyclic) bond motifs is 1. The molecule has 4 aromatic rings. The van der Waals surface area contributed by atoms with E-state index in [1.807, 2.05) is 24.3 Å². The number of carbonyl (C=O) groups excluding carboxylic acids is 1.